The van der Waals surface area contributed by atoms with Gasteiger partial charge in [-0.25, -0.2) is 13.1 Å². The predicted molar refractivity (Wildman–Crippen MR) is 82.6 cm³/mol. The van der Waals surface area contributed by atoms with Crippen LogP contribution in [0, 0.1) is 6.92 Å². The normalized spacial score (nSPS) is 13.3. The maximum Gasteiger partial charge on any atom is 0.305 e. The van der Waals surface area contributed by atoms with Crippen LogP contribution >= 0.6 is 27.3 Å². The number of aromatic nitrogens is 1. The molecule has 2 rings (SSSR count). The highest BCUT2D eigenvalue weighted by atomic mass is 79.9. The number of halogens is 1. The fourth-order valence-corrected chi connectivity index (χ4v) is 4.99. The van der Waals surface area contributed by atoms with Gasteiger partial charge in [0.1, 0.15) is 0 Å². The van der Waals surface area contributed by atoms with Gasteiger partial charge in [-0.2, -0.15) is 0 Å². The van der Waals surface area contributed by atoms with Crippen LogP contribution in [0.2, 0.25) is 0 Å². The Bertz CT molecular complexity index is 780. The summed E-state index contributed by atoms with van der Waals surface area (Å²) in [6, 6.07) is 6.97. The molecular formula is C12H13BrN2O3S2. The number of benzene rings is 1. The Labute approximate surface area is 129 Å². The second-order valence-corrected chi connectivity index (χ2v) is 8.04. The van der Waals surface area contributed by atoms with Crippen LogP contribution in [-0.2, 0) is 10.0 Å². The molecule has 8 heteroatoms. The third-order valence-corrected chi connectivity index (χ3v) is 6.60. The van der Waals surface area contributed by atoms with E-state index in [0.29, 0.717) is 17.0 Å². The molecule has 1 atom stereocenters. The summed E-state index contributed by atoms with van der Waals surface area (Å²) in [5.74, 6) is 0. The molecule has 1 aromatic heterocycles. The fourth-order valence-electron chi connectivity index (χ4n) is 1.82. The van der Waals surface area contributed by atoms with Gasteiger partial charge in [-0.1, -0.05) is 45.5 Å². The molecule has 20 heavy (non-hydrogen) atoms. The highest BCUT2D eigenvalue weighted by Gasteiger charge is 2.23. The first-order chi connectivity index (χ1) is 9.31. The number of H-pyrrole nitrogens is 1. The van der Waals surface area contributed by atoms with Gasteiger partial charge in [0.25, 0.3) is 10.0 Å². The zero-order valence-electron chi connectivity index (χ0n) is 10.8. The molecule has 0 saturated heterocycles. The van der Waals surface area contributed by atoms with Gasteiger partial charge in [0.2, 0.25) is 0 Å². The molecule has 0 radical (unpaired) electrons. The molecule has 1 heterocycles. The monoisotopic (exact) mass is 376 g/mol. The van der Waals surface area contributed by atoms with Gasteiger partial charge < -0.3 is 4.98 Å². The summed E-state index contributed by atoms with van der Waals surface area (Å²) >= 11 is 4.08. The number of rotatable bonds is 4. The zero-order valence-corrected chi connectivity index (χ0v) is 14.0. The molecule has 1 unspecified atom stereocenters. The average Bonchev–Trinajstić information content (AvgIpc) is 2.69. The van der Waals surface area contributed by atoms with Gasteiger partial charge in [0.05, 0.1) is 0 Å². The van der Waals surface area contributed by atoms with Crippen molar-refractivity contribution in [3.05, 3.63) is 49.7 Å². The van der Waals surface area contributed by atoms with Gasteiger partial charge in [0, 0.05) is 16.2 Å². The van der Waals surface area contributed by atoms with Crippen molar-refractivity contribution in [3.8, 4) is 0 Å². The molecule has 2 aromatic rings. The SMILES string of the molecule is Cc1[nH]c(=O)sc1S(=O)(=O)NC(C)c1ccccc1Br. The topological polar surface area (TPSA) is 79.0 Å². The number of nitrogens with one attached hydrogen (secondary N) is 2. The number of sulfonamides is 1. The summed E-state index contributed by atoms with van der Waals surface area (Å²) in [5, 5.41) is 0. The summed E-state index contributed by atoms with van der Waals surface area (Å²) in [6.45, 7) is 3.32. The third-order valence-electron chi connectivity index (χ3n) is 2.73. The molecule has 1 aromatic carbocycles. The van der Waals surface area contributed by atoms with Crippen molar-refractivity contribution in [1.82, 2.24) is 9.71 Å². The largest absolute Gasteiger partial charge is 0.315 e. The number of aryl methyl sites for hydroxylation is 1. The molecule has 0 spiro atoms. The molecule has 0 amide bonds. The molecule has 0 saturated carbocycles. The minimum Gasteiger partial charge on any atom is -0.315 e. The summed E-state index contributed by atoms with van der Waals surface area (Å²) in [6.07, 6.45) is 0. The molecule has 0 bridgehead atoms. The fraction of sp³-hybridized carbons (Fsp3) is 0.250. The Morgan fingerprint density at radius 2 is 2.00 bits per heavy atom. The standard InChI is InChI=1S/C12H13BrN2O3S2/c1-7(9-5-3-4-6-10(9)13)15-20(17,18)11-8(2)14-12(16)19-11/h3-7,15H,1-2H3,(H,14,16). The summed E-state index contributed by atoms with van der Waals surface area (Å²) in [7, 11) is -3.72. The van der Waals surface area contributed by atoms with Gasteiger partial charge in [-0.15, -0.1) is 0 Å². The van der Waals surface area contributed by atoms with Crippen molar-refractivity contribution in [3.63, 3.8) is 0 Å². The minimum atomic E-state index is -3.72. The minimum absolute atomic E-state index is 0.0291. The lowest BCUT2D eigenvalue weighted by molar-refractivity contribution is 0.568. The molecule has 5 nitrogen and oxygen atoms in total. The van der Waals surface area contributed by atoms with Gasteiger partial charge >= 0.3 is 4.87 Å². The maximum absolute atomic E-state index is 12.3. The molecule has 0 aliphatic carbocycles. The van der Waals surface area contributed by atoms with Gasteiger partial charge in [0.15, 0.2) is 4.21 Å². The third kappa shape index (κ3) is 3.20. The quantitative estimate of drug-likeness (QED) is 0.860. The Balaban J connectivity index is 2.32. The van der Waals surface area contributed by atoms with Crippen molar-refractivity contribution in [2.75, 3.05) is 0 Å². The lowest BCUT2D eigenvalue weighted by Gasteiger charge is -2.15. The molecule has 0 aliphatic rings. The average molecular weight is 377 g/mol. The van der Waals surface area contributed by atoms with Crippen molar-refractivity contribution in [2.45, 2.75) is 24.1 Å². The van der Waals surface area contributed by atoms with E-state index < -0.39 is 16.1 Å². The Morgan fingerprint density at radius 1 is 1.35 bits per heavy atom. The van der Waals surface area contributed by atoms with Crippen molar-refractivity contribution in [2.24, 2.45) is 0 Å². The molecular weight excluding hydrogens is 364 g/mol. The van der Waals surface area contributed by atoms with E-state index in [1.807, 2.05) is 24.3 Å². The highest BCUT2D eigenvalue weighted by molar-refractivity contribution is 9.10. The van der Waals surface area contributed by atoms with Crippen molar-refractivity contribution in [1.29, 1.82) is 0 Å². The van der Waals surface area contributed by atoms with E-state index in [-0.39, 0.29) is 9.08 Å². The maximum atomic E-state index is 12.3. The number of hydrogen-bond acceptors (Lipinski definition) is 4. The molecule has 0 fully saturated rings. The van der Waals surface area contributed by atoms with Gasteiger partial charge in [-0.05, 0) is 25.5 Å². The van der Waals surface area contributed by atoms with Crippen LogP contribution in [0.25, 0.3) is 0 Å². The Hall–Kier alpha value is -0.960. The van der Waals surface area contributed by atoms with Crippen LogP contribution in [0.3, 0.4) is 0 Å². The van der Waals surface area contributed by atoms with Crippen LogP contribution in [0.5, 0.6) is 0 Å². The van der Waals surface area contributed by atoms with E-state index >= 15 is 0 Å². The second-order valence-electron chi connectivity index (χ2n) is 4.29. The smallest absolute Gasteiger partial charge is 0.305 e. The summed E-state index contributed by atoms with van der Waals surface area (Å²) in [4.78, 5) is 13.3. The Morgan fingerprint density at radius 3 is 2.55 bits per heavy atom. The molecule has 108 valence electrons. The Kier molecular flexibility index (Phi) is 4.48. The number of hydrogen-bond donors (Lipinski definition) is 2. The van der Waals surface area contributed by atoms with E-state index in [4.69, 9.17) is 0 Å². The number of aromatic amines is 1. The van der Waals surface area contributed by atoms with E-state index in [1.54, 1.807) is 13.8 Å². The number of thiazole rings is 1. The second kappa shape index (κ2) is 5.80. The molecule has 2 N–H and O–H groups in total. The summed E-state index contributed by atoms with van der Waals surface area (Å²) in [5.41, 5.74) is 1.18. The molecule has 0 aliphatic heterocycles. The summed E-state index contributed by atoms with van der Waals surface area (Å²) < 4.78 is 28.0. The van der Waals surface area contributed by atoms with E-state index in [1.165, 1.54) is 0 Å². The first kappa shape index (κ1) is 15.4. The van der Waals surface area contributed by atoms with Crippen molar-refractivity contribution < 1.29 is 8.42 Å². The van der Waals surface area contributed by atoms with E-state index in [9.17, 15) is 13.2 Å². The highest BCUT2D eigenvalue weighted by Crippen LogP contribution is 2.25. The van der Waals surface area contributed by atoms with Crippen LogP contribution in [0.4, 0.5) is 0 Å². The zero-order chi connectivity index (χ0) is 14.9. The van der Waals surface area contributed by atoms with Crippen LogP contribution < -0.4 is 9.60 Å². The van der Waals surface area contributed by atoms with Crippen LogP contribution in [0.15, 0.2) is 37.7 Å². The van der Waals surface area contributed by atoms with E-state index in [0.717, 1.165) is 10.0 Å². The first-order valence-electron chi connectivity index (χ1n) is 5.77. The predicted octanol–water partition coefficient (Wildman–Crippen LogP) is 2.55. The van der Waals surface area contributed by atoms with Crippen LogP contribution in [-0.4, -0.2) is 13.4 Å². The lowest BCUT2D eigenvalue weighted by Crippen LogP contribution is -2.27. The van der Waals surface area contributed by atoms with E-state index in [2.05, 4.69) is 25.6 Å². The first-order valence-corrected chi connectivity index (χ1v) is 8.87. The van der Waals surface area contributed by atoms with Gasteiger partial charge in [-0.3, -0.25) is 4.79 Å². The van der Waals surface area contributed by atoms with Crippen LogP contribution in [0.1, 0.15) is 24.2 Å². The van der Waals surface area contributed by atoms with Crippen molar-refractivity contribution >= 4 is 37.3 Å². The lowest BCUT2D eigenvalue weighted by atomic mass is 10.1.